The van der Waals surface area contributed by atoms with Gasteiger partial charge in [-0.2, -0.15) is 10.1 Å². The van der Waals surface area contributed by atoms with Gasteiger partial charge in [0.05, 0.1) is 0 Å². The van der Waals surface area contributed by atoms with Crippen LogP contribution in [0.15, 0.2) is 17.9 Å². The van der Waals surface area contributed by atoms with Crippen LogP contribution in [-0.2, 0) is 0 Å². The standard InChI is InChI=1S/C5H6N4.C2H6/c1-3-9-5(6-2)7-4-8-9;1-2/h3-4H,1-2H2;1-2H3. The van der Waals surface area contributed by atoms with Gasteiger partial charge in [-0.15, -0.1) is 0 Å². The highest BCUT2D eigenvalue weighted by atomic mass is 15.4. The van der Waals surface area contributed by atoms with Crippen LogP contribution in [-0.4, -0.2) is 21.5 Å². The van der Waals surface area contributed by atoms with Crippen molar-refractivity contribution in [1.82, 2.24) is 14.8 Å². The second kappa shape index (κ2) is 5.34. The van der Waals surface area contributed by atoms with Crippen molar-refractivity contribution in [1.29, 1.82) is 0 Å². The number of aromatic nitrogens is 3. The van der Waals surface area contributed by atoms with E-state index < -0.39 is 0 Å². The average molecular weight is 152 g/mol. The van der Waals surface area contributed by atoms with E-state index in [0.29, 0.717) is 5.95 Å². The molecule has 0 bridgehead atoms. The monoisotopic (exact) mass is 152 g/mol. The zero-order valence-corrected chi connectivity index (χ0v) is 6.86. The van der Waals surface area contributed by atoms with E-state index in [1.54, 1.807) is 0 Å². The average Bonchev–Trinajstić information content (AvgIpc) is 2.54. The number of hydrogen-bond acceptors (Lipinski definition) is 3. The van der Waals surface area contributed by atoms with Crippen molar-refractivity contribution in [3.8, 4) is 0 Å². The van der Waals surface area contributed by atoms with E-state index in [0.717, 1.165) is 0 Å². The molecule has 0 saturated heterocycles. The van der Waals surface area contributed by atoms with Gasteiger partial charge in [0.15, 0.2) is 0 Å². The SMILES string of the molecule is C=Cn1ncnc1N=C.CC. The van der Waals surface area contributed by atoms with Crippen molar-refractivity contribution >= 4 is 18.9 Å². The maximum absolute atomic E-state index is 3.76. The molecule has 0 amide bonds. The second-order valence-electron chi connectivity index (χ2n) is 1.35. The molecule has 11 heavy (non-hydrogen) atoms. The summed E-state index contributed by atoms with van der Waals surface area (Å²) in [5.74, 6) is 0.463. The summed E-state index contributed by atoms with van der Waals surface area (Å²) in [4.78, 5) is 7.33. The molecule has 1 aromatic rings. The molecule has 0 N–H and O–H groups in total. The zero-order valence-electron chi connectivity index (χ0n) is 6.86. The Labute approximate surface area is 66.3 Å². The topological polar surface area (TPSA) is 43.1 Å². The molecule has 0 aliphatic carbocycles. The molecule has 0 aliphatic rings. The van der Waals surface area contributed by atoms with Gasteiger partial charge in [0.25, 0.3) is 5.95 Å². The van der Waals surface area contributed by atoms with Crippen molar-refractivity contribution in [2.45, 2.75) is 13.8 Å². The zero-order chi connectivity index (χ0) is 8.69. The van der Waals surface area contributed by atoms with Gasteiger partial charge >= 0.3 is 0 Å². The van der Waals surface area contributed by atoms with Gasteiger partial charge in [-0.05, 0) is 6.72 Å². The molecular weight excluding hydrogens is 140 g/mol. The first-order valence-electron chi connectivity index (χ1n) is 3.37. The Balaban J connectivity index is 0.000000461. The lowest BCUT2D eigenvalue weighted by Crippen LogP contribution is -1.84. The molecule has 1 rings (SSSR count). The summed E-state index contributed by atoms with van der Waals surface area (Å²) in [5, 5.41) is 3.76. The molecule has 4 nitrogen and oxygen atoms in total. The van der Waals surface area contributed by atoms with Gasteiger partial charge in [-0.3, -0.25) is 0 Å². The fraction of sp³-hybridized carbons (Fsp3) is 0.286. The first-order valence-corrected chi connectivity index (χ1v) is 3.37. The van der Waals surface area contributed by atoms with Crippen LogP contribution in [0.1, 0.15) is 13.8 Å². The molecule has 0 saturated carbocycles. The van der Waals surface area contributed by atoms with Crippen molar-refractivity contribution in [3.05, 3.63) is 12.9 Å². The molecule has 0 aromatic carbocycles. The van der Waals surface area contributed by atoms with Crippen LogP contribution in [0.5, 0.6) is 0 Å². The summed E-state index contributed by atoms with van der Waals surface area (Å²) >= 11 is 0. The third kappa shape index (κ3) is 2.33. The fourth-order valence-electron chi connectivity index (χ4n) is 0.486. The van der Waals surface area contributed by atoms with Gasteiger partial charge in [0, 0.05) is 6.20 Å². The van der Waals surface area contributed by atoms with Crippen LogP contribution in [0.25, 0.3) is 6.20 Å². The normalized spacial score (nSPS) is 7.82. The number of nitrogens with zero attached hydrogens (tertiary/aromatic N) is 4. The molecule has 0 radical (unpaired) electrons. The van der Waals surface area contributed by atoms with E-state index >= 15 is 0 Å². The van der Waals surface area contributed by atoms with Crippen LogP contribution in [0.4, 0.5) is 5.95 Å². The van der Waals surface area contributed by atoms with Crippen molar-refractivity contribution in [2.75, 3.05) is 0 Å². The van der Waals surface area contributed by atoms with Crippen molar-refractivity contribution in [2.24, 2.45) is 4.99 Å². The van der Waals surface area contributed by atoms with Crippen molar-refractivity contribution in [3.63, 3.8) is 0 Å². The first kappa shape index (κ1) is 9.55. The number of hydrogen-bond donors (Lipinski definition) is 0. The Hall–Kier alpha value is -1.45. The maximum atomic E-state index is 3.76. The van der Waals surface area contributed by atoms with E-state index in [4.69, 9.17) is 0 Å². The second-order valence-corrected chi connectivity index (χ2v) is 1.35. The summed E-state index contributed by atoms with van der Waals surface area (Å²) in [7, 11) is 0. The van der Waals surface area contributed by atoms with E-state index in [9.17, 15) is 0 Å². The summed E-state index contributed by atoms with van der Waals surface area (Å²) in [6.45, 7) is 10.8. The molecule has 0 aliphatic heterocycles. The third-order valence-corrected chi connectivity index (χ3v) is 0.869. The van der Waals surface area contributed by atoms with E-state index in [2.05, 4.69) is 28.4 Å². The van der Waals surface area contributed by atoms with Crippen LogP contribution in [0.3, 0.4) is 0 Å². The minimum absolute atomic E-state index is 0.463. The first-order chi connectivity index (χ1) is 5.38. The molecule has 1 aromatic heterocycles. The molecule has 0 unspecified atom stereocenters. The minimum Gasteiger partial charge on any atom is -0.228 e. The van der Waals surface area contributed by atoms with E-state index in [1.807, 2.05) is 13.8 Å². The molecule has 0 fully saturated rings. The highest BCUT2D eigenvalue weighted by molar-refractivity contribution is 5.37. The maximum Gasteiger partial charge on any atom is 0.251 e. The Kier molecular flexibility index (Phi) is 4.64. The summed E-state index contributed by atoms with van der Waals surface area (Å²) in [5.41, 5.74) is 0. The Bertz CT molecular complexity index is 204. The highest BCUT2D eigenvalue weighted by Crippen LogP contribution is 2.02. The molecule has 0 spiro atoms. The quantitative estimate of drug-likeness (QED) is 0.606. The van der Waals surface area contributed by atoms with Gasteiger partial charge in [-0.25, -0.2) is 9.67 Å². The molecule has 60 valence electrons. The fourth-order valence-corrected chi connectivity index (χ4v) is 0.486. The summed E-state index contributed by atoms with van der Waals surface area (Å²) < 4.78 is 1.44. The summed E-state index contributed by atoms with van der Waals surface area (Å²) in [6, 6.07) is 0. The van der Waals surface area contributed by atoms with Gasteiger partial charge in [0.2, 0.25) is 0 Å². The smallest absolute Gasteiger partial charge is 0.228 e. The lowest BCUT2D eigenvalue weighted by Gasteiger charge is -1.87. The van der Waals surface area contributed by atoms with Gasteiger partial charge < -0.3 is 0 Å². The molecular formula is C7H12N4. The van der Waals surface area contributed by atoms with Crippen molar-refractivity contribution < 1.29 is 0 Å². The van der Waals surface area contributed by atoms with Gasteiger partial charge in [0.1, 0.15) is 6.33 Å². The molecule has 0 atom stereocenters. The lowest BCUT2D eigenvalue weighted by atomic mass is 10.9. The summed E-state index contributed by atoms with van der Waals surface area (Å²) in [6.07, 6.45) is 2.91. The Morgan fingerprint density at radius 2 is 2.27 bits per heavy atom. The number of aliphatic imine (C=N–C) groups is 1. The van der Waals surface area contributed by atoms with E-state index in [-0.39, 0.29) is 0 Å². The molecule has 4 heteroatoms. The predicted molar refractivity (Wildman–Crippen MR) is 47.0 cm³/mol. The van der Waals surface area contributed by atoms with Crippen LogP contribution < -0.4 is 0 Å². The van der Waals surface area contributed by atoms with E-state index in [1.165, 1.54) is 17.2 Å². The largest absolute Gasteiger partial charge is 0.251 e. The minimum atomic E-state index is 0.463. The Morgan fingerprint density at radius 3 is 2.64 bits per heavy atom. The third-order valence-electron chi connectivity index (χ3n) is 0.869. The lowest BCUT2D eigenvalue weighted by molar-refractivity contribution is 0.935. The number of rotatable bonds is 2. The molecule has 1 heterocycles. The predicted octanol–water partition coefficient (Wildman–Crippen LogP) is 1.74. The van der Waals surface area contributed by atoms with Crippen LogP contribution >= 0.6 is 0 Å². The van der Waals surface area contributed by atoms with Crippen LogP contribution in [0.2, 0.25) is 0 Å². The van der Waals surface area contributed by atoms with Crippen LogP contribution in [0, 0.1) is 0 Å². The Morgan fingerprint density at radius 1 is 1.64 bits per heavy atom. The van der Waals surface area contributed by atoms with Gasteiger partial charge in [-0.1, -0.05) is 20.4 Å². The highest BCUT2D eigenvalue weighted by Gasteiger charge is 1.93.